The molecule has 1 fully saturated rings. The monoisotopic (exact) mass is 414 g/mol. The zero-order chi connectivity index (χ0) is 21.2. The van der Waals surface area contributed by atoms with Gasteiger partial charge < -0.3 is 15.4 Å². The third kappa shape index (κ3) is 3.87. The number of piperidine rings is 1. The molecule has 1 saturated heterocycles. The van der Waals surface area contributed by atoms with Crippen LogP contribution < -0.4 is 15.4 Å². The van der Waals surface area contributed by atoms with Crippen molar-refractivity contribution in [3.05, 3.63) is 54.0 Å². The Balaban J connectivity index is 1.57. The standard InChI is InChI=1S/C24H26N6O/c1-16-4-5-21-22(29-16)7-6-20(23(21)31-24-17(13-25)3-2-10-27-24)18-14-28-30(15-18)19-8-11-26-12-9-19/h2-3,6-7,10,14-16,19,26,29H,4-5,8-9,11-12H2,1H3/t16-/m0/s1. The number of anilines is 1. The van der Waals surface area contributed by atoms with Crippen LogP contribution in [0.1, 0.15) is 43.4 Å². The molecule has 3 aromatic rings. The number of nitriles is 1. The molecule has 0 bridgehead atoms. The Bertz CT molecular complexity index is 1130. The van der Waals surface area contributed by atoms with Crippen LogP contribution in [0.15, 0.2) is 42.9 Å². The minimum Gasteiger partial charge on any atom is -0.437 e. The molecule has 0 radical (unpaired) electrons. The summed E-state index contributed by atoms with van der Waals surface area (Å²) in [6.07, 6.45) is 9.77. The summed E-state index contributed by atoms with van der Waals surface area (Å²) in [6.45, 7) is 4.23. The average molecular weight is 415 g/mol. The molecule has 7 nitrogen and oxygen atoms in total. The molecule has 31 heavy (non-hydrogen) atoms. The summed E-state index contributed by atoms with van der Waals surface area (Å²) in [5, 5.41) is 21.1. The summed E-state index contributed by atoms with van der Waals surface area (Å²) in [5.74, 6) is 1.10. The number of pyridine rings is 1. The fourth-order valence-electron chi connectivity index (χ4n) is 4.46. The molecule has 1 atom stereocenters. The summed E-state index contributed by atoms with van der Waals surface area (Å²) >= 11 is 0. The topological polar surface area (TPSA) is 87.8 Å². The highest BCUT2D eigenvalue weighted by molar-refractivity contribution is 5.77. The first kappa shape index (κ1) is 19.6. The van der Waals surface area contributed by atoms with Gasteiger partial charge in [0.1, 0.15) is 17.4 Å². The Morgan fingerprint density at radius 3 is 2.90 bits per heavy atom. The molecule has 4 heterocycles. The molecule has 0 spiro atoms. The maximum Gasteiger partial charge on any atom is 0.237 e. The molecule has 2 aliphatic rings. The molecule has 0 amide bonds. The van der Waals surface area contributed by atoms with Crippen LogP contribution >= 0.6 is 0 Å². The molecule has 5 rings (SSSR count). The van der Waals surface area contributed by atoms with Gasteiger partial charge >= 0.3 is 0 Å². The van der Waals surface area contributed by atoms with Crippen LogP contribution in [-0.2, 0) is 6.42 Å². The second kappa shape index (κ2) is 8.40. The van der Waals surface area contributed by atoms with Gasteiger partial charge in [0.25, 0.3) is 0 Å². The number of hydrogen-bond acceptors (Lipinski definition) is 6. The van der Waals surface area contributed by atoms with Crippen LogP contribution in [0.4, 0.5) is 5.69 Å². The summed E-state index contributed by atoms with van der Waals surface area (Å²) in [6, 6.07) is 10.7. The highest BCUT2D eigenvalue weighted by Crippen LogP contribution is 2.43. The molecular formula is C24H26N6O. The van der Waals surface area contributed by atoms with Gasteiger partial charge in [-0.2, -0.15) is 10.4 Å². The lowest BCUT2D eigenvalue weighted by atomic mass is 9.94. The lowest BCUT2D eigenvalue weighted by molar-refractivity contribution is 0.343. The maximum atomic E-state index is 9.50. The van der Waals surface area contributed by atoms with E-state index in [0.717, 1.165) is 66.9 Å². The average Bonchev–Trinajstić information content (AvgIpc) is 3.30. The zero-order valence-corrected chi connectivity index (χ0v) is 17.6. The number of nitrogens with zero attached hydrogens (tertiary/aromatic N) is 4. The van der Waals surface area contributed by atoms with Crippen molar-refractivity contribution >= 4 is 5.69 Å². The summed E-state index contributed by atoms with van der Waals surface area (Å²) in [4.78, 5) is 4.33. The Kier molecular flexibility index (Phi) is 5.31. The predicted octanol–water partition coefficient (Wildman–Crippen LogP) is 4.28. The zero-order valence-electron chi connectivity index (χ0n) is 17.6. The van der Waals surface area contributed by atoms with E-state index >= 15 is 0 Å². The van der Waals surface area contributed by atoms with Gasteiger partial charge in [-0.05, 0) is 70.0 Å². The number of hydrogen-bond donors (Lipinski definition) is 2. The summed E-state index contributed by atoms with van der Waals surface area (Å²) in [7, 11) is 0. The lowest BCUT2D eigenvalue weighted by Gasteiger charge is -2.27. The Morgan fingerprint density at radius 2 is 2.06 bits per heavy atom. The first-order chi connectivity index (χ1) is 15.2. The smallest absolute Gasteiger partial charge is 0.237 e. The van der Waals surface area contributed by atoms with Crippen molar-refractivity contribution in [2.24, 2.45) is 0 Å². The minimum absolute atomic E-state index is 0.337. The van der Waals surface area contributed by atoms with Crippen LogP contribution in [-0.4, -0.2) is 33.9 Å². The third-order valence-corrected chi connectivity index (χ3v) is 6.18. The van der Waals surface area contributed by atoms with Crippen molar-refractivity contribution in [2.45, 2.75) is 44.7 Å². The highest BCUT2D eigenvalue weighted by Gasteiger charge is 2.24. The van der Waals surface area contributed by atoms with E-state index in [9.17, 15) is 5.26 Å². The largest absolute Gasteiger partial charge is 0.437 e. The van der Waals surface area contributed by atoms with E-state index < -0.39 is 0 Å². The number of aromatic nitrogens is 3. The van der Waals surface area contributed by atoms with Gasteiger partial charge in [-0.25, -0.2) is 4.98 Å². The van der Waals surface area contributed by atoms with E-state index in [1.54, 1.807) is 18.3 Å². The Morgan fingerprint density at radius 1 is 1.19 bits per heavy atom. The van der Waals surface area contributed by atoms with Crippen LogP contribution in [0.2, 0.25) is 0 Å². The van der Waals surface area contributed by atoms with Gasteiger partial charge in [-0.3, -0.25) is 4.68 Å². The van der Waals surface area contributed by atoms with Crippen LogP contribution in [0.25, 0.3) is 11.1 Å². The molecule has 2 aromatic heterocycles. The number of nitrogens with one attached hydrogen (secondary N) is 2. The normalized spacial score (nSPS) is 18.6. The summed E-state index contributed by atoms with van der Waals surface area (Å²) in [5.41, 5.74) is 4.63. The van der Waals surface area contributed by atoms with Gasteiger partial charge in [-0.1, -0.05) is 0 Å². The summed E-state index contributed by atoms with van der Waals surface area (Å²) < 4.78 is 8.44. The van der Waals surface area contributed by atoms with E-state index in [0.29, 0.717) is 23.5 Å². The van der Waals surface area contributed by atoms with E-state index in [-0.39, 0.29) is 0 Å². The van der Waals surface area contributed by atoms with Gasteiger partial charge in [0.05, 0.1) is 12.2 Å². The van der Waals surface area contributed by atoms with Gasteiger partial charge in [-0.15, -0.1) is 0 Å². The number of fused-ring (bicyclic) bond motifs is 1. The van der Waals surface area contributed by atoms with Crippen molar-refractivity contribution in [1.82, 2.24) is 20.1 Å². The van der Waals surface area contributed by atoms with E-state index in [1.165, 1.54) is 0 Å². The van der Waals surface area contributed by atoms with Crippen molar-refractivity contribution in [2.75, 3.05) is 18.4 Å². The molecule has 0 unspecified atom stereocenters. The molecule has 0 saturated carbocycles. The van der Waals surface area contributed by atoms with Crippen molar-refractivity contribution in [3.63, 3.8) is 0 Å². The molecule has 2 N–H and O–H groups in total. The van der Waals surface area contributed by atoms with Crippen LogP contribution in [0.5, 0.6) is 11.6 Å². The van der Waals surface area contributed by atoms with Crippen LogP contribution in [0.3, 0.4) is 0 Å². The Hall–Kier alpha value is -3.37. The molecule has 1 aromatic carbocycles. The fraction of sp³-hybridized carbons (Fsp3) is 0.375. The van der Waals surface area contributed by atoms with Crippen molar-refractivity contribution in [1.29, 1.82) is 5.26 Å². The van der Waals surface area contributed by atoms with E-state index in [4.69, 9.17) is 4.74 Å². The number of ether oxygens (including phenoxy) is 1. The maximum absolute atomic E-state index is 9.50. The quantitative estimate of drug-likeness (QED) is 0.663. The minimum atomic E-state index is 0.337. The predicted molar refractivity (Wildman–Crippen MR) is 119 cm³/mol. The molecular weight excluding hydrogens is 388 g/mol. The first-order valence-corrected chi connectivity index (χ1v) is 10.9. The highest BCUT2D eigenvalue weighted by atomic mass is 16.5. The van der Waals surface area contributed by atoms with Crippen molar-refractivity contribution < 1.29 is 4.74 Å². The molecule has 7 heteroatoms. The van der Waals surface area contributed by atoms with Gasteiger partial charge in [0.2, 0.25) is 5.88 Å². The molecule has 2 aliphatic heterocycles. The SMILES string of the molecule is C[C@H]1CCc2c(ccc(-c3cnn(C4CCNCC4)c3)c2Oc2ncccc2C#N)N1. The third-order valence-electron chi connectivity index (χ3n) is 6.18. The van der Waals surface area contributed by atoms with E-state index in [1.807, 2.05) is 6.20 Å². The fourth-order valence-corrected chi connectivity index (χ4v) is 4.46. The number of benzene rings is 1. The molecule has 0 aliphatic carbocycles. The lowest BCUT2D eigenvalue weighted by Crippen LogP contribution is -2.29. The van der Waals surface area contributed by atoms with Crippen LogP contribution in [0, 0.1) is 11.3 Å². The van der Waals surface area contributed by atoms with Gasteiger partial charge in [0.15, 0.2) is 0 Å². The van der Waals surface area contributed by atoms with Gasteiger partial charge in [0, 0.05) is 40.8 Å². The van der Waals surface area contributed by atoms with Crippen molar-refractivity contribution in [3.8, 4) is 28.8 Å². The second-order valence-corrected chi connectivity index (χ2v) is 8.31. The first-order valence-electron chi connectivity index (χ1n) is 10.9. The van der Waals surface area contributed by atoms with E-state index in [2.05, 4.69) is 56.7 Å². The number of rotatable bonds is 4. The second-order valence-electron chi connectivity index (χ2n) is 8.31. The molecule has 158 valence electrons. The Labute approximate surface area is 182 Å².